The highest BCUT2D eigenvalue weighted by atomic mass is 16.5. The number of carbonyl (C=O) groups excluding carboxylic acids is 2. The Morgan fingerprint density at radius 2 is 0.865 bits per heavy atom. The standard InChI is InChI=1S/C30H28N2O5/c1-21(35-25-9-5-3-6-10-25)29(33)31-23-13-17-27(18-14-23)37-28-19-15-24(16-20-28)32-30(34)22(2)36-26-11-7-4-8-12-26/h3-22H,1-2H3,(H,31,33)(H,32,34). The van der Waals surface area contributed by atoms with Crippen molar-refractivity contribution in [3.8, 4) is 23.0 Å². The second kappa shape index (κ2) is 12.3. The fraction of sp³-hybridized carbons (Fsp3) is 0.133. The van der Waals surface area contributed by atoms with Crippen LogP contribution in [0, 0.1) is 0 Å². The number of amides is 2. The van der Waals surface area contributed by atoms with Gasteiger partial charge in [0.15, 0.2) is 12.2 Å². The first kappa shape index (κ1) is 25.3. The molecular weight excluding hydrogens is 468 g/mol. The SMILES string of the molecule is CC(Oc1ccccc1)C(=O)Nc1ccc(Oc2ccc(NC(=O)C(C)Oc3ccccc3)cc2)cc1. The first-order valence-corrected chi connectivity index (χ1v) is 11.9. The van der Waals surface area contributed by atoms with E-state index in [-0.39, 0.29) is 11.8 Å². The molecule has 2 unspecified atom stereocenters. The Labute approximate surface area is 216 Å². The van der Waals surface area contributed by atoms with Crippen LogP contribution in [-0.4, -0.2) is 24.0 Å². The summed E-state index contributed by atoms with van der Waals surface area (Å²) >= 11 is 0. The lowest BCUT2D eigenvalue weighted by atomic mass is 10.2. The van der Waals surface area contributed by atoms with Gasteiger partial charge in [0, 0.05) is 11.4 Å². The summed E-state index contributed by atoms with van der Waals surface area (Å²) in [6, 6.07) is 32.5. The number of rotatable bonds is 10. The lowest BCUT2D eigenvalue weighted by molar-refractivity contribution is -0.122. The van der Waals surface area contributed by atoms with Gasteiger partial charge in [-0.3, -0.25) is 9.59 Å². The number of ether oxygens (including phenoxy) is 3. The minimum absolute atomic E-state index is 0.251. The third-order valence-electron chi connectivity index (χ3n) is 5.33. The van der Waals surface area contributed by atoms with Crippen molar-refractivity contribution in [3.63, 3.8) is 0 Å². The Bertz CT molecular complexity index is 1190. The summed E-state index contributed by atoms with van der Waals surface area (Å²) in [5.41, 5.74) is 1.26. The predicted octanol–water partition coefficient (Wildman–Crippen LogP) is 6.29. The van der Waals surface area contributed by atoms with E-state index in [2.05, 4.69) is 10.6 Å². The lowest BCUT2D eigenvalue weighted by Gasteiger charge is -2.15. The molecule has 0 aliphatic heterocycles. The van der Waals surface area contributed by atoms with Crippen molar-refractivity contribution in [1.29, 1.82) is 0 Å². The van der Waals surface area contributed by atoms with Gasteiger partial charge in [0.2, 0.25) is 0 Å². The zero-order chi connectivity index (χ0) is 26.0. The Balaban J connectivity index is 1.26. The largest absolute Gasteiger partial charge is 0.481 e. The monoisotopic (exact) mass is 496 g/mol. The van der Waals surface area contributed by atoms with Crippen molar-refractivity contribution in [3.05, 3.63) is 109 Å². The van der Waals surface area contributed by atoms with E-state index in [1.807, 2.05) is 36.4 Å². The summed E-state index contributed by atoms with van der Waals surface area (Å²) in [4.78, 5) is 24.9. The van der Waals surface area contributed by atoms with E-state index in [9.17, 15) is 9.59 Å². The number of benzene rings is 4. The van der Waals surface area contributed by atoms with Crippen LogP contribution < -0.4 is 24.8 Å². The van der Waals surface area contributed by atoms with Gasteiger partial charge < -0.3 is 24.8 Å². The predicted molar refractivity (Wildman–Crippen MR) is 143 cm³/mol. The molecule has 0 aliphatic carbocycles. The molecule has 0 spiro atoms. The summed E-state index contributed by atoms with van der Waals surface area (Å²) in [5, 5.41) is 5.67. The van der Waals surface area contributed by atoms with Crippen LogP contribution in [0.1, 0.15) is 13.8 Å². The second-order valence-electron chi connectivity index (χ2n) is 8.28. The molecule has 4 aromatic carbocycles. The Morgan fingerprint density at radius 3 is 1.22 bits per heavy atom. The molecule has 0 radical (unpaired) electrons. The van der Waals surface area contributed by atoms with Gasteiger partial charge in [-0.15, -0.1) is 0 Å². The smallest absolute Gasteiger partial charge is 0.265 e. The molecule has 4 aromatic rings. The van der Waals surface area contributed by atoms with Crippen molar-refractivity contribution in [2.45, 2.75) is 26.1 Å². The highest BCUT2D eigenvalue weighted by Gasteiger charge is 2.16. The topological polar surface area (TPSA) is 85.9 Å². The second-order valence-corrected chi connectivity index (χ2v) is 8.28. The van der Waals surface area contributed by atoms with Crippen LogP contribution in [0.3, 0.4) is 0 Å². The third-order valence-corrected chi connectivity index (χ3v) is 5.33. The maximum atomic E-state index is 12.4. The zero-order valence-corrected chi connectivity index (χ0v) is 20.6. The molecule has 188 valence electrons. The average Bonchev–Trinajstić information content (AvgIpc) is 2.92. The van der Waals surface area contributed by atoms with Crippen LogP contribution in [-0.2, 0) is 9.59 Å². The summed E-state index contributed by atoms with van der Waals surface area (Å²) in [6.07, 6.45) is -1.30. The summed E-state index contributed by atoms with van der Waals surface area (Å²) < 4.78 is 17.2. The van der Waals surface area contributed by atoms with Gasteiger partial charge in [0.1, 0.15) is 23.0 Å². The number of hydrogen-bond donors (Lipinski definition) is 2. The average molecular weight is 497 g/mol. The van der Waals surface area contributed by atoms with Gasteiger partial charge in [-0.05, 0) is 86.6 Å². The van der Waals surface area contributed by atoms with E-state index in [1.54, 1.807) is 86.6 Å². The normalized spacial score (nSPS) is 12.1. The van der Waals surface area contributed by atoms with E-state index in [0.717, 1.165) is 0 Å². The minimum atomic E-state index is -0.648. The van der Waals surface area contributed by atoms with Crippen LogP contribution in [0.5, 0.6) is 23.0 Å². The van der Waals surface area contributed by atoms with Gasteiger partial charge in [-0.25, -0.2) is 0 Å². The Kier molecular flexibility index (Phi) is 8.39. The van der Waals surface area contributed by atoms with Crippen LogP contribution in [0.15, 0.2) is 109 Å². The lowest BCUT2D eigenvalue weighted by Crippen LogP contribution is -2.30. The molecule has 0 saturated carbocycles. The van der Waals surface area contributed by atoms with Crippen molar-refractivity contribution >= 4 is 23.2 Å². The first-order valence-electron chi connectivity index (χ1n) is 11.9. The Morgan fingerprint density at radius 1 is 0.514 bits per heavy atom. The van der Waals surface area contributed by atoms with Crippen LogP contribution in [0.25, 0.3) is 0 Å². The van der Waals surface area contributed by atoms with Crippen LogP contribution >= 0.6 is 0 Å². The molecule has 4 rings (SSSR count). The van der Waals surface area contributed by atoms with E-state index in [0.29, 0.717) is 34.4 Å². The minimum Gasteiger partial charge on any atom is -0.481 e. The fourth-order valence-electron chi connectivity index (χ4n) is 3.35. The highest BCUT2D eigenvalue weighted by Crippen LogP contribution is 2.25. The summed E-state index contributed by atoms with van der Waals surface area (Å²) in [7, 11) is 0. The molecule has 37 heavy (non-hydrogen) atoms. The van der Waals surface area contributed by atoms with Crippen molar-refractivity contribution in [1.82, 2.24) is 0 Å². The van der Waals surface area contributed by atoms with E-state index < -0.39 is 12.2 Å². The molecule has 2 atom stereocenters. The van der Waals surface area contributed by atoms with E-state index >= 15 is 0 Å². The zero-order valence-electron chi connectivity index (χ0n) is 20.6. The fourth-order valence-corrected chi connectivity index (χ4v) is 3.35. The first-order chi connectivity index (χ1) is 18.0. The van der Waals surface area contributed by atoms with Crippen LogP contribution in [0.4, 0.5) is 11.4 Å². The number of nitrogens with one attached hydrogen (secondary N) is 2. The van der Waals surface area contributed by atoms with Crippen LogP contribution in [0.2, 0.25) is 0 Å². The number of anilines is 2. The molecule has 0 bridgehead atoms. The molecule has 0 aliphatic rings. The third kappa shape index (κ3) is 7.60. The van der Waals surface area contributed by atoms with Gasteiger partial charge in [0.25, 0.3) is 11.8 Å². The maximum absolute atomic E-state index is 12.4. The molecule has 7 heteroatoms. The number of para-hydroxylation sites is 2. The molecule has 0 heterocycles. The molecule has 2 N–H and O–H groups in total. The van der Waals surface area contributed by atoms with Crippen molar-refractivity contribution < 1.29 is 23.8 Å². The molecule has 0 fully saturated rings. The molecule has 2 amide bonds. The van der Waals surface area contributed by atoms with Crippen molar-refractivity contribution in [2.24, 2.45) is 0 Å². The van der Waals surface area contributed by atoms with Gasteiger partial charge in [0.05, 0.1) is 0 Å². The summed E-state index contributed by atoms with van der Waals surface area (Å²) in [6.45, 7) is 3.39. The molecule has 0 aromatic heterocycles. The molecule has 7 nitrogen and oxygen atoms in total. The van der Waals surface area contributed by atoms with E-state index in [4.69, 9.17) is 14.2 Å². The van der Waals surface area contributed by atoms with Gasteiger partial charge in [-0.2, -0.15) is 0 Å². The maximum Gasteiger partial charge on any atom is 0.265 e. The molecule has 0 saturated heterocycles. The number of carbonyl (C=O) groups is 2. The van der Waals surface area contributed by atoms with Gasteiger partial charge in [-0.1, -0.05) is 36.4 Å². The van der Waals surface area contributed by atoms with E-state index in [1.165, 1.54) is 0 Å². The van der Waals surface area contributed by atoms with Gasteiger partial charge >= 0.3 is 0 Å². The van der Waals surface area contributed by atoms with Crippen molar-refractivity contribution in [2.75, 3.05) is 10.6 Å². The Hall–Kier alpha value is -4.78. The quantitative estimate of drug-likeness (QED) is 0.269. The molecular formula is C30H28N2O5. The summed E-state index contributed by atoms with van der Waals surface area (Å²) in [5.74, 6) is 1.97. The highest BCUT2D eigenvalue weighted by molar-refractivity contribution is 5.94. The number of hydrogen-bond acceptors (Lipinski definition) is 5.